The van der Waals surface area contributed by atoms with Gasteiger partial charge in [-0.25, -0.2) is 4.98 Å². The van der Waals surface area contributed by atoms with E-state index in [1.54, 1.807) is 6.20 Å². The minimum absolute atomic E-state index is 0.0364. The molecule has 0 radical (unpaired) electrons. The van der Waals surface area contributed by atoms with Crippen molar-refractivity contribution in [2.24, 2.45) is 0 Å². The third-order valence-electron chi connectivity index (χ3n) is 5.09. The van der Waals surface area contributed by atoms with Gasteiger partial charge in [-0.2, -0.15) is 0 Å². The summed E-state index contributed by atoms with van der Waals surface area (Å²) in [4.78, 5) is 23.0. The van der Waals surface area contributed by atoms with Crippen LogP contribution in [0.1, 0.15) is 28.6 Å². The van der Waals surface area contributed by atoms with Crippen LogP contribution in [0.5, 0.6) is 0 Å². The van der Waals surface area contributed by atoms with Gasteiger partial charge in [-0.1, -0.05) is 36.4 Å². The molecule has 4 rings (SSSR count). The predicted octanol–water partition coefficient (Wildman–Crippen LogP) is 2.78. The Hall–Kier alpha value is -2.99. The first-order chi connectivity index (χ1) is 13.7. The maximum Gasteiger partial charge on any atom is 0.248 e. The summed E-state index contributed by atoms with van der Waals surface area (Å²) in [6.07, 6.45) is 5.56. The minimum Gasteiger partial charge on any atom is -0.367 e. The summed E-state index contributed by atoms with van der Waals surface area (Å²) in [5.41, 5.74) is 3.34. The molecule has 0 atom stereocenters. The lowest BCUT2D eigenvalue weighted by Gasteiger charge is -2.39. The van der Waals surface area contributed by atoms with Crippen LogP contribution < -0.4 is 0 Å². The molecule has 3 aromatic rings. The number of pyridine rings is 1. The zero-order valence-corrected chi connectivity index (χ0v) is 16.0. The lowest BCUT2D eigenvalue weighted by Crippen LogP contribution is -2.50. The van der Waals surface area contributed by atoms with Crippen molar-refractivity contribution < 1.29 is 9.53 Å². The van der Waals surface area contributed by atoms with Crippen molar-refractivity contribution in [2.75, 3.05) is 19.7 Å². The molecule has 0 saturated carbocycles. The van der Waals surface area contributed by atoms with Crippen molar-refractivity contribution in [2.45, 2.75) is 26.0 Å². The van der Waals surface area contributed by atoms with Gasteiger partial charge in [0.05, 0.1) is 19.1 Å². The number of likely N-dealkylation sites (tertiary alicyclic amines) is 1. The zero-order valence-electron chi connectivity index (χ0n) is 16.0. The molecule has 1 saturated heterocycles. The molecule has 0 unspecified atom stereocenters. The van der Waals surface area contributed by atoms with Gasteiger partial charge >= 0.3 is 0 Å². The number of imidazole rings is 1. The van der Waals surface area contributed by atoms with Crippen molar-refractivity contribution in [1.29, 1.82) is 0 Å². The van der Waals surface area contributed by atoms with Gasteiger partial charge in [0.25, 0.3) is 0 Å². The lowest BCUT2D eigenvalue weighted by molar-refractivity contribution is -0.141. The molecule has 6 nitrogen and oxygen atoms in total. The van der Waals surface area contributed by atoms with E-state index < -0.39 is 0 Å². The number of ether oxygens (including phenoxy) is 1. The molecule has 2 aromatic heterocycles. The number of hydrogen-bond donors (Lipinski definition) is 0. The van der Waals surface area contributed by atoms with Crippen molar-refractivity contribution in [3.05, 3.63) is 83.7 Å². The molecule has 144 valence electrons. The van der Waals surface area contributed by atoms with Gasteiger partial charge in [-0.3, -0.25) is 9.78 Å². The number of carbonyl (C=O) groups excluding carboxylic acids is 1. The van der Waals surface area contributed by atoms with E-state index in [-0.39, 0.29) is 18.4 Å². The number of aromatic nitrogens is 3. The molecule has 1 fully saturated rings. The van der Waals surface area contributed by atoms with Crippen LogP contribution in [-0.4, -0.2) is 45.0 Å². The van der Waals surface area contributed by atoms with E-state index in [1.807, 2.05) is 53.7 Å². The van der Waals surface area contributed by atoms with Crippen LogP contribution in [-0.2, 0) is 22.7 Å². The summed E-state index contributed by atoms with van der Waals surface area (Å²) in [7, 11) is 0. The number of amides is 1. The van der Waals surface area contributed by atoms with Gasteiger partial charge in [0.15, 0.2) is 0 Å². The molecule has 1 amide bonds. The minimum atomic E-state index is 0.0364. The Labute approximate surface area is 164 Å². The smallest absolute Gasteiger partial charge is 0.248 e. The molecule has 0 spiro atoms. The fourth-order valence-corrected chi connectivity index (χ4v) is 3.45. The maximum atomic E-state index is 12.3. The summed E-state index contributed by atoms with van der Waals surface area (Å²) >= 11 is 0. The van der Waals surface area contributed by atoms with E-state index in [0.29, 0.717) is 19.7 Å². The Bertz CT molecular complexity index is 918. The van der Waals surface area contributed by atoms with E-state index >= 15 is 0 Å². The van der Waals surface area contributed by atoms with E-state index in [1.165, 1.54) is 0 Å². The normalized spacial score (nSPS) is 14.1. The van der Waals surface area contributed by atoms with Gasteiger partial charge in [-0.05, 0) is 24.1 Å². The highest BCUT2D eigenvalue weighted by Crippen LogP contribution is 2.27. The molecule has 0 N–H and O–H groups in total. The van der Waals surface area contributed by atoms with Crippen molar-refractivity contribution in [3.8, 4) is 0 Å². The van der Waals surface area contributed by atoms with E-state index in [2.05, 4.69) is 27.5 Å². The molecule has 1 aliphatic rings. The largest absolute Gasteiger partial charge is 0.367 e. The average molecular weight is 376 g/mol. The number of rotatable bonds is 7. The average Bonchev–Trinajstić information content (AvgIpc) is 3.03. The first-order valence-corrected chi connectivity index (χ1v) is 9.51. The number of nitrogens with zero attached hydrogens (tertiary/aromatic N) is 4. The Morgan fingerprint density at radius 3 is 2.64 bits per heavy atom. The molecule has 0 bridgehead atoms. The zero-order chi connectivity index (χ0) is 19.3. The Morgan fingerprint density at radius 1 is 1.11 bits per heavy atom. The van der Waals surface area contributed by atoms with Gasteiger partial charge in [0.2, 0.25) is 5.91 Å². The van der Waals surface area contributed by atoms with Gasteiger partial charge in [-0.15, -0.1) is 0 Å². The summed E-state index contributed by atoms with van der Waals surface area (Å²) < 4.78 is 7.78. The molecule has 28 heavy (non-hydrogen) atoms. The lowest BCUT2D eigenvalue weighted by atomic mass is 9.99. The molecule has 3 heterocycles. The fraction of sp³-hybridized carbons (Fsp3) is 0.318. The highest BCUT2D eigenvalue weighted by atomic mass is 16.5. The maximum absolute atomic E-state index is 12.3. The van der Waals surface area contributed by atoms with E-state index in [9.17, 15) is 4.79 Å². The fourth-order valence-electron chi connectivity index (χ4n) is 3.45. The Morgan fingerprint density at radius 2 is 1.89 bits per heavy atom. The second-order valence-corrected chi connectivity index (χ2v) is 7.18. The van der Waals surface area contributed by atoms with Gasteiger partial charge in [0.1, 0.15) is 12.4 Å². The molecular weight excluding hydrogens is 352 g/mol. The topological polar surface area (TPSA) is 60.3 Å². The highest BCUT2D eigenvalue weighted by molar-refractivity contribution is 5.78. The van der Waals surface area contributed by atoms with E-state index in [4.69, 9.17) is 4.74 Å². The van der Waals surface area contributed by atoms with Crippen LogP contribution in [0.4, 0.5) is 0 Å². The molecule has 0 aliphatic carbocycles. The third-order valence-corrected chi connectivity index (χ3v) is 5.09. The van der Waals surface area contributed by atoms with Crippen LogP contribution in [0.25, 0.3) is 0 Å². The van der Waals surface area contributed by atoms with Crippen molar-refractivity contribution >= 4 is 5.91 Å². The number of benzene rings is 1. The number of carbonyl (C=O) groups is 1. The monoisotopic (exact) mass is 376 g/mol. The standard InChI is InChI=1S/C22H24N4O2/c1-17-10-24-22(26(17)12-19-8-5-9-23-11-19)20-13-25(14-20)21(27)16-28-15-18-6-3-2-4-7-18/h2-11,20H,12-16H2,1H3. The molecule has 1 aromatic carbocycles. The van der Waals surface area contributed by atoms with Gasteiger partial charge in [0, 0.05) is 37.4 Å². The molecular formula is C22H24N4O2. The summed E-state index contributed by atoms with van der Waals surface area (Å²) in [6.45, 7) is 4.77. The van der Waals surface area contributed by atoms with E-state index in [0.717, 1.165) is 29.2 Å². The van der Waals surface area contributed by atoms with Gasteiger partial charge < -0.3 is 14.2 Å². The Kier molecular flexibility index (Phi) is 5.48. The molecule has 1 aliphatic heterocycles. The predicted molar refractivity (Wildman–Crippen MR) is 106 cm³/mol. The second-order valence-electron chi connectivity index (χ2n) is 7.18. The molecule has 6 heteroatoms. The third kappa shape index (κ3) is 4.12. The summed E-state index contributed by atoms with van der Waals surface area (Å²) in [5.74, 6) is 1.34. The van der Waals surface area contributed by atoms with Crippen LogP contribution in [0.3, 0.4) is 0 Å². The summed E-state index contributed by atoms with van der Waals surface area (Å²) in [6, 6.07) is 13.9. The van der Waals surface area contributed by atoms with Crippen LogP contribution >= 0.6 is 0 Å². The number of aryl methyl sites for hydroxylation is 1. The Balaban J connectivity index is 1.30. The van der Waals surface area contributed by atoms with Crippen LogP contribution in [0.15, 0.2) is 61.1 Å². The quantitative estimate of drug-likeness (QED) is 0.636. The van der Waals surface area contributed by atoms with Crippen LogP contribution in [0.2, 0.25) is 0 Å². The first kappa shape index (κ1) is 18.4. The van der Waals surface area contributed by atoms with Crippen LogP contribution in [0, 0.1) is 6.92 Å². The highest BCUT2D eigenvalue weighted by Gasteiger charge is 2.34. The first-order valence-electron chi connectivity index (χ1n) is 9.51. The van der Waals surface area contributed by atoms with Crippen molar-refractivity contribution in [3.63, 3.8) is 0 Å². The SMILES string of the molecule is Cc1cnc(C2CN(C(=O)COCc3ccccc3)C2)n1Cc1cccnc1. The summed E-state index contributed by atoms with van der Waals surface area (Å²) in [5, 5.41) is 0. The number of hydrogen-bond acceptors (Lipinski definition) is 4. The second kappa shape index (κ2) is 8.35. The van der Waals surface area contributed by atoms with Crippen molar-refractivity contribution in [1.82, 2.24) is 19.4 Å².